The van der Waals surface area contributed by atoms with E-state index in [1.807, 2.05) is 0 Å². The van der Waals surface area contributed by atoms with Gasteiger partial charge >= 0.3 is 0 Å². The van der Waals surface area contributed by atoms with E-state index in [1.165, 1.54) is 0 Å². The summed E-state index contributed by atoms with van der Waals surface area (Å²) in [6, 6.07) is 0.103. The highest BCUT2D eigenvalue weighted by Crippen LogP contribution is 2.18. The molecule has 1 aromatic heterocycles. The smallest absolute Gasteiger partial charge is 0.223 e. The van der Waals surface area contributed by atoms with E-state index in [0.717, 1.165) is 19.5 Å². The van der Waals surface area contributed by atoms with Crippen molar-refractivity contribution in [3.05, 3.63) is 11.7 Å². The standard InChI is InChI=1S/C14H24N4O4/c1-10-15-14(16-22-10)8-18(11(2)19)12-4-5-17(6-12)7-13(20)9-21-3/h12-13,20H,4-9H2,1-3H3/t12-,13+/m0/s1. The molecular formula is C14H24N4O4. The lowest BCUT2D eigenvalue weighted by atomic mass is 10.2. The second kappa shape index (κ2) is 7.66. The van der Waals surface area contributed by atoms with Gasteiger partial charge in [0.2, 0.25) is 11.8 Å². The molecule has 0 unspecified atom stereocenters. The Hall–Kier alpha value is -1.51. The number of β-amino-alcohol motifs (C(OH)–C–C–N with tert-alkyl or cyclic N) is 1. The molecule has 1 aliphatic heterocycles. The fourth-order valence-corrected chi connectivity index (χ4v) is 2.83. The molecule has 2 atom stereocenters. The molecule has 8 heteroatoms. The first-order chi connectivity index (χ1) is 10.5. The molecule has 2 rings (SSSR count). The Morgan fingerprint density at radius 1 is 1.64 bits per heavy atom. The zero-order valence-corrected chi connectivity index (χ0v) is 13.4. The Labute approximate surface area is 130 Å². The molecule has 0 radical (unpaired) electrons. The number of aryl methyl sites for hydroxylation is 1. The minimum absolute atomic E-state index is 0.00765. The summed E-state index contributed by atoms with van der Waals surface area (Å²) in [6.07, 6.45) is 0.366. The average molecular weight is 312 g/mol. The number of ether oxygens (including phenoxy) is 1. The third kappa shape index (κ3) is 4.49. The van der Waals surface area contributed by atoms with Crippen LogP contribution in [0.25, 0.3) is 0 Å². The van der Waals surface area contributed by atoms with Crippen molar-refractivity contribution in [2.24, 2.45) is 0 Å². The normalized spacial score (nSPS) is 20.3. The van der Waals surface area contributed by atoms with Crippen LogP contribution in [-0.4, -0.2) is 76.5 Å². The summed E-state index contributed by atoms with van der Waals surface area (Å²) in [6.45, 7) is 6.08. The number of aliphatic hydroxyl groups excluding tert-OH is 1. The number of aliphatic hydroxyl groups is 1. The zero-order valence-electron chi connectivity index (χ0n) is 13.4. The zero-order chi connectivity index (χ0) is 16.1. The lowest BCUT2D eigenvalue weighted by Crippen LogP contribution is -2.41. The van der Waals surface area contributed by atoms with E-state index >= 15 is 0 Å². The van der Waals surface area contributed by atoms with E-state index in [2.05, 4.69) is 15.0 Å². The Morgan fingerprint density at radius 2 is 2.41 bits per heavy atom. The Kier molecular flexibility index (Phi) is 5.87. The van der Waals surface area contributed by atoms with Crippen LogP contribution >= 0.6 is 0 Å². The van der Waals surface area contributed by atoms with Gasteiger partial charge in [-0.2, -0.15) is 4.98 Å². The number of methoxy groups -OCH3 is 1. The van der Waals surface area contributed by atoms with Crippen LogP contribution in [0.3, 0.4) is 0 Å². The molecular weight excluding hydrogens is 288 g/mol. The Balaban J connectivity index is 1.91. The predicted octanol–water partition coefficient (Wildman–Crippen LogP) is -0.192. The third-order valence-electron chi connectivity index (χ3n) is 3.80. The highest BCUT2D eigenvalue weighted by molar-refractivity contribution is 5.73. The minimum Gasteiger partial charge on any atom is -0.389 e. The number of hydrogen-bond donors (Lipinski definition) is 1. The molecule has 1 fully saturated rings. The van der Waals surface area contributed by atoms with Crippen molar-refractivity contribution in [3.8, 4) is 0 Å². The number of nitrogens with zero attached hydrogens (tertiary/aromatic N) is 4. The molecule has 0 aliphatic carbocycles. The van der Waals surface area contributed by atoms with Crippen molar-refractivity contribution in [1.29, 1.82) is 0 Å². The molecule has 1 aromatic rings. The highest BCUT2D eigenvalue weighted by Gasteiger charge is 2.30. The van der Waals surface area contributed by atoms with Crippen LogP contribution in [0.1, 0.15) is 25.1 Å². The highest BCUT2D eigenvalue weighted by atomic mass is 16.5. The summed E-state index contributed by atoms with van der Waals surface area (Å²) in [5.41, 5.74) is 0. The first-order valence-corrected chi connectivity index (χ1v) is 7.45. The van der Waals surface area contributed by atoms with Crippen molar-refractivity contribution in [2.75, 3.05) is 33.4 Å². The van der Waals surface area contributed by atoms with Gasteiger partial charge in [0.05, 0.1) is 19.3 Å². The first kappa shape index (κ1) is 16.9. The molecule has 0 bridgehead atoms. The average Bonchev–Trinajstić information content (AvgIpc) is 3.05. The Morgan fingerprint density at radius 3 is 3.00 bits per heavy atom. The molecule has 1 N–H and O–H groups in total. The maximum atomic E-state index is 11.9. The number of carbonyl (C=O) groups is 1. The van der Waals surface area contributed by atoms with E-state index in [0.29, 0.717) is 31.4 Å². The first-order valence-electron chi connectivity index (χ1n) is 7.45. The van der Waals surface area contributed by atoms with Crippen molar-refractivity contribution in [2.45, 2.75) is 39.0 Å². The molecule has 1 aliphatic rings. The lowest BCUT2D eigenvalue weighted by Gasteiger charge is -2.27. The lowest BCUT2D eigenvalue weighted by molar-refractivity contribution is -0.131. The van der Waals surface area contributed by atoms with Gasteiger partial charge in [-0.3, -0.25) is 9.69 Å². The van der Waals surface area contributed by atoms with Gasteiger partial charge in [0.1, 0.15) is 0 Å². The summed E-state index contributed by atoms with van der Waals surface area (Å²) < 4.78 is 9.89. The number of aromatic nitrogens is 2. The fourth-order valence-electron chi connectivity index (χ4n) is 2.83. The van der Waals surface area contributed by atoms with Crippen LogP contribution in [-0.2, 0) is 16.1 Å². The van der Waals surface area contributed by atoms with Gasteiger partial charge in [0.15, 0.2) is 5.82 Å². The second-order valence-corrected chi connectivity index (χ2v) is 5.69. The summed E-state index contributed by atoms with van der Waals surface area (Å²) in [4.78, 5) is 20.0. The van der Waals surface area contributed by atoms with E-state index in [9.17, 15) is 9.90 Å². The summed E-state index contributed by atoms with van der Waals surface area (Å²) >= 11 is 0. The van der Waals surface area contributed by atoms with Gasteiger partial charge in [0, 0.05) is 46.6 Å². The van der Waals surface area contributed by atoms with Crippen molar-refractivity contribution >= 4 is 5.91 Å². The molecule has 1 amide bonds. The van der Waals surface area contributed by atoms with Gasteiger partial charge in [-0.15, -0.1) is 0 Å². The van der Waals surface area contributed by atoms with E-state index < -0.39 is 6.10 Å². The van der Waals surface area contributed by atoms with Gasteiger partial charge in [0.25, 0.3) is 0 Å². The van der Waals surface area contributed by atoms with Crippen LogP contribution in [0.2, 0.25) is 0 Å². The molecule has 124 valence electrons. The molecule has 1 saturated heterocycles. The monoisotopic (exact) mass is 312 g/mol. The maximum absolute atomic E-state index is 11.9. The summed E-state index contributed by atoms with van der Waals surface area (Å²) in [5.74, 6) is 1.01. The van der Waals surface area contributed by atoms with Gasteiger partial charge < -0.3 is 19.3 Å². The largest absolute Gasteiger partial charge is 0.389 e. The quantitative estimate of drug-likeness (QED) is 0.746. The van der Waals surface area contributed by atoms with Crippen molar-refractivity contribution in [1.82, 2.24) is 19.9 Å². The van der Waals surface area contributed by atoms with Crippen molar-refractivity contribution < 1.29 is 19.2 Å². The van der Waals surface area contributed by atoms with Crippen LogP contribution < -0.4 is 0 Å². The number of likely N-dealkylation sites (tertiary alicyclic amines) is 1. The predicted molar refractivity (Wildman–Crippen MR) is 78.0 cm³/mol. The summed E-state index contributed by atoms with van der Waals surface area (Å²) in [5, 5.41) is 13.7. The van der Waals surface area contributed by atoms with Gasteiger partial charge in [-0.05, 0) is 6.42 Å². The van der Waals surface area contributed by atoms with E-state index in [4.69, 9.17) is 9.26 Å². The molecule has 8 nitrogen and oxygen atoms in total. The third-order valence-corrected chi connectivity index (χ3v) is 3.80. The topological polar surface area (TPSA) is 91.9 Å². The second-order valence-electron chi connectivity index (χ2n) is 5.69. The summed E-state index contributed by atoms with van der Waals surface area (Å²) in [7, 11) is 1.57. The number of amides is 1. The van der Waals surface area contributed by atoms with Gasteiger partial charge in [-0.1, -0.05) is 5.16 Å². The molecule has 2 heterocycles. The van der Waals surface area contributed by atoms with Crippen LogP contribution in [0.15, 0.2) is 4.52 Å². The van der Waals surface area contributed by atoms with Crippen LogP contribution in [0, 0.1) is 6.92 Å². The molecule has 22 heavy (non-hydrogen) atoms. The molecule has 0 saturated carbocycles. The maximum Gasteiger partial charge on any atom is 0.223 e. The number of rotatable bonds is 7. The van der Waals surface area contributed by atoms with Gasteiger partial charge in [-0.25, -0.2) is 0 Å². The van der Waals surface area contributed by atoms with E-state index in [-0.39, 0.29) is 11.9 Å². The number of hydrogen-bond acceptors (Lipinski definition) is 7. The SMILES string of the molecule is COC[C@H](O)CN1CC[C@H](N(Cc2noc(C)n2)C(C)=O)C1. The van der Waals surface area contributed by atoms with E-state index in [1.54, 1.807) is 25.9 Å². The van der Waals surface area contributed by atoms with Crippen LogP contribution in [0.5, 0.6) is 0 Å². The molecule has 0 spiro atoms. The minimum atomic E-state index is -0.505. The number of carbonyl (C=O) groups excluding carboxylic acids is 1. The molecule has 0 aromatic carbocycles. The Bertz CT molecular complexity index is 493. The fraction of sp³-hybridized carbons (Fsp3) is 0.786. The van der Waals surface area contributed by atoms with Crippen molar-refractivity contribution in [3.63, 3.8) is 0 Å². The van der Waals surface area contributed by atoms with Crippen LogP contribution in [0.4, 0.5) is 0 Å².